The molecule has 1 atom stereocenters. The number of phenols is 1. The number of carbonyl (C=O) groups is 2. The highest BCUT2D eigenvalue weighted by molar-refractivity contribution is 5.99. The molecule has 26 heavy (non-hydrogen) atoms. The quantitative estimate of drug-likeness (QED) is 0.692. The van der Waals surface area contributed by atoms with Crippen LogP contribution in [0.15, 0.2) is 66.7 Å². The molecule has 1 amide bonds. The number of rotatable bonds is 5. The minimum Gasteiger partial charge on any atom is -0.507 e. The standard InChI is InChI=1S/C21H19NO4/c1-14(20(24)22-13-15-7-3-2-4-8-15)26-21(25)18-11-16-9-5-6-10-17(16)12-19(18)23/h2-12,14,23H,13H2,1H3,(H,22,24)/t14-/m1/s1. The van der Waals surface area contributed by atoms with Crippen molar-refractivity contribution in [3.63, 3.8) is 0 Å². The summed E-state index contributed by atoms with van der Waals surface area (Å²) in [5.74, 6) is -1.32. The fourth-order valence-corrected chi connectivity index (χ4v) is 2.60. The summed E-state index contributed by atoms with van der Waals surface area (Å²) in [6, 6.07) is 19.9. The highest BCUT2D eigenvalue weighted by Crippen LogP contribution is 2.25. The van der Waals surface area contributed by atoms with Crippen molar-refractivity contribution in [2.45, 2.75) is 19.6 Å². The summed E-state index contributed by atoms with van der Waals surface area (Å²) in [5.41, 5.74) is 0.984. The van der Waals surface area contributed by atoms with Gasteiger partial charge in [-0.25, -0.2) is 4.79 Å². The van der Waals surface area contributed by atoms with E-state index in [1.165, 1.54) is 13.0 Å². The summed E-state index contributed by atoms with van der Waals surface area (Å²) < 4.78 is 5.21. The fraction of sp³-hybridized carbons (Fsp3) is 0.143. The average molecular weight is 349 g/mol. The molecule has 0 aromatic heterocycles. The molecule has 5 nitrogen and oxygen atoms in total. The monoisotopic (exact) mass is 349 g/mol. The van der Waals surface area contributed by atoms with Gasteiger partial charge in [0.25, 0.3) is 5.91 Å². The molecule has 0 heterocycles. The summed E-state index contributed by atoms with van der Waals surface area (Å²) in [6.07, 6.45) is -0.975. The number of hydrogen-bond donors (Lipinski definition) is 2. The van der Waals surface area contributed by atoms with Gasteiger partial charge in [0.15, 0.2) is 6.10 Å². The minimum absolute atomic E-state index is 0.0337. The molecular formula is C21H19NO4. The molecule has 0 aliphatic carbocycles. The first-order valence-electron chi connectivity index (χ1n) is 8.29. The zero-order valence-corrected chi connectivity index (χ0v) is 14.3. The highest BCUT2D eigenvalue weighted by Gasteiger charge is 2.21. The number of ether oxygens (including phenoxy) is 1. The first-order chi connectivity index (χ1) is 12.5. The van der Waals surface area contributed by atoms with Crippen molar-refractivity contribution in [2.75, 3.05) is 0 Å². The van der Waals surface area contributed by atoms with E-state index in [0.29, 0.717) is 6.54 Å². The van der Waals surface area contributed by atoms with Crippen LogP contribution in [0.25, 0.3) is 10.8 Å². The van der Waals surface area contributed by atoms with Crippen molar-refractivity contribution in [1.29, 1.82) is 0 Å². The number of fused-ring (bicyclic) bond motifs is 1. The van der Waals surface area contributed by atoms with Crippen LogP contribution in [0.2, 0.25) is 0 Å². The normalized spacial score (nSPS) is 11.7. The molecule has 5 heteroatoms. The van der Waals surface area contributed by atoms with E-state index < -0.39 is 18.0 Å². The molecule has 0 saturated carbocycles. The fourth-order valence-electron chi connectivity index (χ4n) is 2.60. The van der Waals surface area contributed by atoms with Gasteiger partial charge in [-0.3, -0.25) is 4.79 Å². The molecule has 0 spiro atoms. The molecule has 3 rings (SSSR count). The first kappa shape index (κ1) is 17.5. The molecule has 3 aromatic rings. The third-order valence-corrected chi connectivity index (χ3v) is 4.05. The van der Waals surface area contributed by atoms with E-state index in [0.717, 1.165) is 16.3 Å². The molecule has 0 unspecified atom stereocenters. The summed E-state index contributed by atoms with van der Waals surface area (Å²) in [6.45, 7) is 1.85. The lowest BCUT2D eigenvalue weighted by molar-refractivity contribution is -0.129. The van der Waals surface area contributed by atoms with Crippen LogP contribution < -0.4 is 5.32 Å². The second kappa shape index (κ2) is 7.70. The van der Waals surface area contributed by atoms with Gasteiger partial charge in [0.05, 0.1) is 0 Å². The lowest BCUT2D eigenvalue weighted by Gasteiger charge is -2.14. The maximum atomic E-state index is 12.3. The second-order valence-corrected chi connectivity index (χ2v) is 5.97. The number of benzene rings is 3. The van der Waals surface area contributed by atoms with E-state index in [4.69, 9.17) is 4.74 Å². The Morgan fingerprint density at radius 2 is 1.62 bits per heavy atom. The second-order valence-electron chi connectivity index (χ2n) is 5.97. The number of nitrogens with one attached hydrogen (secondary N) is 1. The zero-order chi connectivity index (χ0) is 18.5. The summed E-state index contributed by atoms with van der Waals surface area (Å²) in [5, 5.41) is 14.4. The molecule has 0 bridgehead atoms. The van der Waals surface area contributed by atoms with Gasteiger partial charge in [0.1, 0.15) is 11.3 Å². The Morgan fingerprint density at radius 3 is 2.31 bits per heavy atom. The van der Waals surface area contributed by atoms with Crippen LogP contribution in [0.1, 0.15) is 22.8 Å². The number of hydrogen-bond acceptors (Lipinski definition) is 4. The Hall–Kier alpha value is -3.34. The molecular weight excluding hydrogens is 330 g/mol. The smallest absolute Gasteiger partial charge is 0.342 e. The Kier molecular flexibility index (Phi) is 5.17. The van der Waals surface area contributed by atoms with Gasteiger partial charge in [-0.05, 0) is 35.4 Å². The molecule has 2 N–H and O–H groups in total. The highest BCUT2D eigenvalue weighted by atomic mass is 16.5. The maximum absolute atomic E-state index is 12.3. The number of phenolic OH excluding ortho intramolecular Hbond substituents is 1. The van der Waals surface area contributed by atoms with Gasteiger partial charge < -0.3 is 15.2 Å². The van der Waals surface area contributed by atoms with Gasteiger partial charge >= 0.3 is 5.97 Å². The Morgan fingerprint density at radius 1 is 1.00 bits per heavy atom. The van der Waals surface area contributed by atoms with Gasteiger partial charge in [-0.1, -0.05) is 54.6 Å². The molecule has 0 aliphatic heterocycles. The van der Waals surface area contributed by atoms with Gasteiger partial charge in [0.2, 0.25) is 0 Å². The van der Waals surface area contributed by atoms with E-state index in [1.54, 1.807) is 6.07 Å². The number of esters is 1. The molecule has 132 valence electrons. The largest absolute Gasteiger partial charge is 0.507 e. The molecule has 0 fully saturated rings. The van der Waals surface area contributed by atoms with E-state index in [-0.39, 0.29) is 11.3 Å². The zero-order valence-electron chi connectivity index (χ0n) is 14.3. The van der Waals surface area contributed by atoms with Crippen LogP contribution >= 0.6 is 0 Å². The van der Waals surface area contributed by atoms with Crippen LogP contribution in [0.4, 0.5) is 0 Å². The first-order valence-corrected chi connectivity index (χ1v) is 8.29. The predicted molar refractivity (Wildman–Crippen MR) is 98.8 cm³/mol. The van der Waals surface area contributed by atoms with Crippen molar-refractivity contribution >= 4 is 22.6 Å². The number of amides is 1. The topological polar surface area (TPSA) is 75.6 Å². The Bertz CT molecular complexity index is 937. The molecule has 3 aromatic carbocycles. The van der Waals surface area contributed by atoms with Gasteiger partial charge in [-0.15, -0.1) is 0 Å². The lowest BCUT2D eigenvalue weighted by Crippen LogP contribution is -2.35. The van der Waals surface area contributed by atoms with E-state index in [9.17, 15) is 14.7 Å². The van der Waals surface area contributed by atoms with Crippen LogP contribution in [0.3, 0.4) is 0 Å². The Balaban J connectivity index is 1.65. The van der Waals surface area contributed by atoms with Gasteiger partial charge in [-0.2, -0.15) is 0 Å². The predicted octanol–water partition coefficient (Wildman–Crippen LogP) is 3.41. The van der Waals surface area contributed by atoms with Crippen molar-refractivity contribution < 1.29 is 19.4 Å². The van der Waals surface area contributed by atoms with Crippen molar-refractivity contribution in [2.24, 2.45) is 0 Å². The number of carbonyl (C=O) groups excluding carboxylic acids is 2. The van der Waals surface area contributed by atoms with Crippen LogP contribution in [-0.2, 0) is 16.1 Å². The third kappa shape index (κ3) is 4.00. The van der Waals surface area contributed by atoms with E-state index in [2.05, 4.69) is 5.32 Å². The van der Waals surface area contributed by atoms with Gasteiger partial charge in [0, 0.05) is 6.54 Å². The van der Waals surface area contributed by atoms with E-state index >= 15 is 0 Å². The Labute approximate surface area is 151 Å². The summed E-state index contributed by atoms with van der Waals surface area (Å²) in [4.78, 5) is 24.5. The van der Waals surface area contributed by atoms with E-state index in [1.807, 2.05) is 54.6 Å². The average Bonchev–Trinajstić information content (AvgIpc) is 2.66. The lowest BCUT2D eigenvalue weighted by atomic mass is 10.1. The number of aromatic hydroxyl groups is 1. The molecule has 0 radical (unpaired) electrons. The van der Waals surface area contributed by atoms with Crippen molar-refractivity contribution in [3.05, 3.63) is 77.9 Å². The SMILES string of the molecule is C[C@@H](OC(=O)c1cc2ccccc2cc1O)C(=O)NCc1ccccc1. The van der Waals surface area contributed by atoms with Crippen molar-refractivity contribution in [3.8, 4) is 5.75 Å². The minimum atomic E-state index is -0.975. The van der Waals surface area contributed by atoms with Crippen LogP contribution in [-0.4, -0.2) is 23.1 Å². The summed E-state index contributed by atoms with van der Waals surface area (Å²) in [7, 11) is 0. The van der Waals surface area contributed by atoms with Crippen molar-refractivity contribution in [1.82, 2.24) is 5.32 Å². The molecule has 0 aliphatic rings. The molecule has 0 saturated heterocycles. The van der Waals surface area contributed by atoms with Crippen LogP contribution in [0, 0.1) is 0 Å². The third-order valence-electron chi connectivity index (χ3n) is 4.05. The summed E-state index contributed by atoms with van der Waals surface area (Å²) >= 11 is 0. The van der Waals surface area contributed by atoms with Crippen LogP contribution in [0.5, 0.6) is 5.75 Å². The maximum Gasteiger partial charge on any atom is 0.342 e.